The monoisotopic (exact) mass is 374 g/mol. The third kappa shape index (κ3) is 2.07. The molecule has 7 nitrogen and oxygen atoms in total. The number of methoxy groups -OCH3 is 1. The van der Waals surface area contributed by atoms with Crippen LogP contribution in [0.2, 0.25) is 0 Å². The summed E-state index contributed by atoms with van der Waals surface area (Å²) in [6.45, 7) is 1.95. The summed E-state index contributed by atoms with van der Waals surface area (Å²) in [5, 5.41) is 10.4. The van der Waals surface area contributed by atoms with Crippen molar-refractivity contribution >= 4 is 23.3 Å². The average molecular weight is 374 g/mol. The van der Waals surface area contributed by atoms with Crippen molar-refractivity contribution in [2.24, 2.45) is 0 Å². The van der Waals surface area contributed by atoms with E-state index in [2.05, 4.69) is 15.7 Å². The van der Waals surface area contributed by atoms with Crippen LogP contribution in [0.25, 0.3) is 5.69 Å². The molecule has 0 fully saturated rings. The van der Waals surface area contributed by atoms with Crippen LogP contribution in [0.1, 0.15) is 23.1 Å². The molecule has 3 heterocycles. The van der Waals surface area contributed by atoms with E-state index in [1.807, 2.05) is 49.4 Å². The Bertz CT molecular complexity index is 1130. The molecule has 0 aliphatic carbocycles. The summed E-state index contributed by atoms with van der Waals surface area (Å²) in [5.74, 6) is 0.838. The molecule has 7 heteroatoms. The number of amides is 2. The summed E-state index contributed by atoms with van der Waals surface area (Å²) in [5.41, 5.74) is 2.97. The van der Waals surface area contributed by atoms with Gasteiger partial charge in [0.1, 0.15) is 17.0 Å². The normalized spacial score (nSPS) is 19.8. The lowest BCUT2D eigenvalue weighted by Crippen LogP contribution is -2.43. The molecule has 1 atom stereocenters. The Hall–Kier alpha value is -3.61. The number of fused-ring (bicyclic) bond motifs is 4. The van der Waals surface area contributed by atoms with Gasteiger partial charge in [-0.3, -0.25) is 9.59 Å². The summed E-state index contributed by atoms with van der Waals surface area (Å²) in [4.78, 5) is 25.8. The molecule has 2 amide bonds. The number of nitrogens with one attached hydrogen (secondary N) is 2. The standard InChI is InChI=1S/C21H18N4O3/c1-12-4-3-5-15-18(12)24-20(27)21(15)10-17(26)23-19-16(21)11-22-25(19)13-6-8-14(28-2)9-7-13/h3-9,11H,10H2,1-2H3,(H,23,26)(H,24,27). The highest BCUT2D eigenvalue weighted by Crippen LogP contribution is 2.50. The lowest BCUT2D eigenvalue weighted by Gasteiger charge is -2.31. The van der Waals surface area contributed by atoms with E-state index in [1.165, 1.54) is 0 Å². The number of hydrogen-bond donors (Lipinski definition) is 2. The molecule has 1 unspecified atom stereocenters. The number of aromatic nitrogens is 2. The number of carbonyl (C=O) groups excluding carboxylic acids is 2. The molecule has 5 rings (SSSR count). The van der Waals surface area contributed by atoms with Gasteiger partial charge in [-0.1, -0.05) is 18.2 Å². The van der Waals surface area contributed by atoms with E-state index in [1.54, 1.807) is 18.0 Å². The maximum Gasteiger partial charge on any atom is 0.240 e. The fourth-order valence-electron chi connectivity index (χ4n) is 4.19. The first-order chi connectivity index (χ1) is 13.5. The fourth-order valence-corrected chi connectivity index (χ4v) is 4.19. The Morgan fingerprint density at radius 3 is 2.61 bits per heavy atom. The van der Waals surface area contributed by atoms with Gasteiger partial charge in [0.05, 0.1) is 19.0 Å². The molecule has 2 N–H and O–H groups in total. The largest absolute Gasteiger partial charge is 0.497 e. The Balaban J connectivity index is 1.72. The van der Waals surface area contributed by atoms with Crippen molar-refractivity contribution in [3.63, 3.8) is 0 Å². The minimum absolute atomic E-state index is 0.0522. The number of benzene rings is 2. The van der Waals surface area contributed by atoms with Gasteiger partial charge >= 0.3 is 0 Å². The first kappa shape index (κ1) is 16.6. The topological polar surface area (TPSA) is 85.2 Å². The van der Waals surface area contributed by atoms with Gasteiger partial charge in [0.15, 0.2) is 0 Å². The van der Waals surface area contributed by atoms with E-state index in [4.69, 9.17) is 4.74 Å². The van der Waals surface area contributed by atoms with Gasteiger partial charge in [-0.15, -0.1) is 0 Å². The molecule has 140 valence electrons. The molecule has 3 aromatic rings. The molecular weight excluding hydrogens is 356 g/mol. The Morgan fingerprint density at radius 1 is 1.07 bits per heavy atom. The van der Waals surface area contributed by atoms with Crippen molar-refractivity contribution < 1.29 is 14.3 Å². The second-order valence-electron chi connectivity index (χ2n) is 7.10. The van der Waals surface area contributed by atoms with Crippen molar-refractivity contribution in [3.8, 4) is 11.4 Å². The van der Waals surface area contributed by atoms with Crippen LogP contribution >= 0.6 is 0 Å². The second kappa shape index (κ2) is 5.69. The molecule has 28 heavy (non-hydrogen) atoms. The summed E-state index contributed by atoms with van der Waals surface area (Å²) in [6.07, 6.45) is 1.73. The number of anilines is 2. The van der Waals surface area contributed by atoms with E-state index in [0.717, 1.165) is 28.3 Å². The van der Waals surface area contributed by atoms with Gasteiger partial charge in [-0.2, -0.15) is 5.10 Å². The Morgan fingerprint density at radius 2 is 1.86 bits per heavy atom. The van der Waals surface area contributed by atoms with Crippen LogP contribution in [0.3, 0.4) is 0 Å². The maximum atomic E-state index is 13.2. The molecule has 0 bridgehead atoms. The molecule has 2 aliphatic heterocycles. The van der Waals surface area contributed by atoms with Crippen molar-refractivity contribution in [2.45, 2.75) is 18.8 Å². The zero-order chi connectivity index (χ0) is 19.5. The second-order valence-corrected chi connectivity index (χ2v) is 7.10. The maximum absolute atomic E-state index is 13.2. The van der Waals surface area contributed by atoms with Crippen LogP contribution in [0.4, 0.5) is 11.5 Å². The SMILES string of the molecule is COc1ccc(-n2ncc3c2NC(=O)CC32C(=O)Nc3c(C)cccc32)cc1. The van der Waals surface area contributed by atoms with Crippen molar-refractivity contribution in [1.82, 2.24) is 9.78 Å². The average Bonchev–Trinajstić information content (AvgIpc) is 3.23. The van der Waals surface area contributed by atoms with E-state index in [0.29, 0.717) is 11.4 Å². The van der Waals surface area contributed by atoms with Crippen LogP contribution < -0.4 is 15.4 Å². The Labute approximate surface area is 161 Å². The zero-order valence-corrected chi connectivity index (χ0v) is 15.4. The third-order valence-electron chi connectivity index (χ3n) is 5.59. The molecule has 0 saturated carbocycles. The van der Waals surface area contributed by atoms with Crippen molar-refractivity contribution in [3.05, 3.63) is 65.4 Å². The number of ether oxygens (including phenoxy) is 1. The minimum atomic E-state index is -1.07. The van der Waals surface area contributed by atoms with Crippen molar-refractivity contribution in [1.29, 1.82) is 0 Å². The number of nitrogens with zero attached hydrogens (tertiary/aromatic N) is 2. The molecule has 1 spiro atoms. The summed E-state index contributed by atoms with van der Waals surface area (Å²) in [7, 11) is 1.60. The minimum Gasteiger partial charge on any atom is -0.497 e. The predicted octanol–water partition coefficient (Wildman–Crippen LogP) is 2.77. The lowest BCUT2D eigenvalue weighted by atomic mass is 9.71. The first-order valence-electron chi connectivity index (χ1n) is 8.99. The molecule has 0 radical (unpaired) electrons. The zero-order valence-electron chi connectivity index (χ0n) is 15.4. The number of hydrogen-bond acceptors (Lipinski definition) is 4. The molecule has 2 aliphatic rings. The quantitative estimate of drug-likeness (QED) is 0.722. The van der Waals surface area contributed by atoms with Crippen LogP contribution in [0.15, 0.2) is 48.7 Å². The molecule has 1 aromatic heterocycles. The smallest absolute Gasteiger partial charge is 0.240 e. The summed E-state index contributed by atoms with van der Waals surface area (Å²) in [6, 6.07) is 13.1. The number of carbonyl (C=O) groups is 2. The van der Waals surface area contributed by atoms with Crippen molar-refractivity contribution in [2.75, 3.05) is 17.7 Å². The highest BCUT2D eigenvalue weighted by atomic mass is 16.5. The van der Waals surface area contributed by atoms with E-state index < -0.39 is 5.41 Å². The van der Waals surface area contributed by atoms with Gasteiger partial charge in [0, 0.05) is 17.7 Å². The third-order valence-corrected chi connectivity index (χ3v) is 5.59. The number of aryl methyl sites for hydroxylation is 1. The van der Waals surface area contributed by atoms with Gasteiger partial charge in [0.2, 0.25) is 11.8 Å². The van der Waals surface area contributed by atoms with Gasteiger partial charge in [0.25, 0.3) is 0 Å². The van der Waals surface area contributed by atoms with Crippen LogP contribution in [-0.4, -0.2) is 28.7 Å². The molecular formula is C21H18N4O3. The number of para-hydroxylation sites is 1. The highest BCUT2D eigenvalue weighted by molar-refractivity contribution is 6.15. The highest BCUT2D eigenvalue weighted by Gasteiger charge is 2.54. The van der Waals surface area contributed by atoms with Crippen LogP contribution in [0.5, 0.6) is 5.75 Å². The van der Waals surface area contributed by atoms with Crippen LogP contribution in [-0.2, 0) is 15.0 Å². The first-order valence-corrected chi connectivity index (χ1v) is 8.99. The van der Waals surface area contributed by atoms with Gasteiger partial charge < -0.3 is 15.4 Å². The van der Waals surface area contributed by atoms with E-state index in [-0.39, 0.29) is 18.2 Å². The van der Waals surface area contributed by atoms with E-state index in [9.17, 15) is 9.59 Å². The number of rotatable bonds is 2. The Kier molecular flexibility index (Phi) is 3.37. The lowest BCUT2D eigenvalue weighted by molar-refractivity contribution is -0.125. The van der Waals surface area contributed by atoms with E-state index >= 15 is 0 Å². The fraction of sp³-hybridized carbons (Fsp3) is 0.190. The van der Waals surface area contributed by atoms with Gasteiger partial charge in [-0.05, 0) is 42.3 Å². The molecule has 2 aromatic carbocycles. The van der Waals surface area contributed by atoms with Crippen LogP contribution in [0, 0.1) is 6.92 Å². The summed E-state index contributed by atoms with van der Waals surface area (Å²) < 4.78 is 6.85. The predicted molar refractivity (Wildman–Crippen MR) is 104 cm³/mol. The summed E-state index contributed by atoms with van der Waals surface area (Å²) >= 11 is 0. The van der Waals surface area contributed by atoms with Gasteiger partial charge in [-0.25, -0.2) is 4.68 Å². The molecule has 0 saturated heterocycles.